The summed E-state index contributed by atoms with van der Waals surface area (Å²) < 4.78 is 12.9. The summed E-state index contributed by atoms with van der Waals surface area (Å²) in [5, 5.41) is 22.7. The van der Waals surface area contributed by atoms with E-state index in [1.54, 1.807) is 6.07 Å². The van der Waals surface area contributed by atoms with Crippen molar-refractivity contribution in [3.8, 4) is 5.75 Å². The SMILES string of the molecule is O=[N+]([O-])c1cc(F)ccc1NCc1ccc(O)cn1. The number of rotatable bonds is 4. The van der Waals surface area contributed by atoms with E-state index >= 15 is 0 Å². The van der Waals surface area contributed by atoms with Crippen molar-refractivity contribution in [2.75, 3.05) is 5.32 Å². The topological polar surface area (TPSA) is 88.3 Å². The van der Waals surface area contributed by atoms with Crippen LogP contribution in [0.4, 0.5) is 15.8 Å². The molecule has 0 aliphatic heterocycles. The van der Waals surface area contributed by atoms with Gasteiger partial charge in [0, 0.05) is 0 Å². The van der Waals surface area contributed by atoms with Crippen LogP contribution in [-0.2, 0) is 6.54 Å². The molecule has 0 aliphatic rings. The zero-order chi connectivity index (χ0) is 13.8. The van der Waals surface area contributed by atoms with Gasteiger partial charge in [-0.25, -0.2) is 4.39 Å². The summed E-state index contributed by atoms with van der Waals surface area (Å²) in [6.07, 6.45) is 1.27. The molecule has 1 aromatic heterocycles. The van der Waals surface area contributed by atoms with E-state index in [9.17, 15) is 14.5 Å². The van der Waals surface area contributed by atoms with Gasteiger partial charge in [-0.1, -0.05) is 0 Å². The van der Waals surface area contributed by atoms with Gasteiger partial charge in [-0.3, -0.25) is 15.1 Å². The first-order valence-electron chi connectivity index (χ1n) is 5.38. The Balaban J connectivity index is 2.15. The van der Waals surface area contributed by atoms with E-state index in [2.05, 4.69) is 10.3 Å². The second-order valence-corrected chi connectivity index (χ2v) is 3.78. The predicted molar refractivity (Wildman–Crippen MR) is 66.3 cm³/mol. The molecule has 0 fully saturated rings. The first-order valence-corrected chi connectivity index (χ1v) is 5.38. The Kier molecular flexibility index (Phi) is 3.56. The average molecular weight is 263 g/mol. The molecule has 0 spiro atoms. The van der Waals surface area contributed by atoms with Gasteiger partial charge in [0.25, 0.3) is 5.69 Å². The molecule has 1 aromatic carbocycles. The van der Waals surface area contributed by atoms with Crippen molar-refractivity contribution in [2.45, 2.75) is 6.54 Å². The molecule has 19 heavy (non-hydrogen) atoms. The predicted octanol–water partition coefficient (Wildman–Crippen LogP) is 2.45. The van der Waals surface area contributed by atoms with Crippen molar-refractivity contribution in [2.24, 2.45) is 0 Å². The van der Waals surface area contributed by atoms with Gasteiger partial charge >= 0.3 is 0 Å². The van der Waals surface area contributed by atoms with E-state index in [4.69, 9.17) is 5.11 Å². The average Bonchev–Trinajstić information content (AvgIpc) is 2.39. The molecule has 98 valence electrons. The number of halogens is 1. The lowest BCUT2D eigenvalue weighted by atomic mass is 10.2. The van der Waals surface area contributed by atoms with Crippen molar-refractivity contribution in [3.63, 3.8) is 0 Å². The molecule has 0 atom stereocenters. The molecule has 0 radical (unpaired) electrons. The molecule has 1 heterocycles. The molecule has 0 amide bonds. The Morgan fingerprint density at radius 1 is 1.37 bits per heavy atom. The third-order valence-corrected chi connectivity index (χ3v) is 2.43. The van der Waals surface area contributed by atoms with Crippen LogP contribution in [0.15, 0.2) is 36.5 Å². The van der Waals surface area contributed by atoms with E-state index < -0.39 is 10.7 Å². The lowest BCUT2D eigenvalue weighted by Crippen LogP contribution is -2.04. The van der Waals surface area contributed by atoms with Crippen LogP contribution in [0.5, 0.6) is 5.75 Å². The van der Waals surface area contributed by atoms with Crippen LogP contribution in [0.3, 0.4) is 0 Å². The molecule has 0 saturated heterocycles. The molecule has 0 bridgehead atoms. The zero-order valence-electron chi connectivity index (χ0n) is 9.71. The normalized spacial score (nSPS) is 10.2. The number of pyridine rings is 1. The van der Waals surface area contributed by atoms with Crippen molar-refractivity contribution in [1.82, 2.24) is 4.98 Å². The fourth-order valence-corrected chi connectivity index (χ4v) is 1.51. The number of hydrogen-bond acceptors (Lipinski definition) is 5. The maximum atomic E-state index is 12.9. The van der Waals surface area contributed by atoms with E-state index in [0.29, 0.717) is 5.69 Å². The molecular weight excluding hydrogens is 253 g/mol. The third kappa shape index (κ3) is 3.15. The molecule has 0 unspecified atom stereocenters. The lowest BCUT2D eigenvalue weighted by molar-refractivity contribution is -0.384. The Bertz CT molecular complexity index is 602. The van der Waals surface area contributed by atoms with Crippen molar-refractivity contribution in [3.05, 3.63) is 58.2 Å². The summed E-state index contributed by atoms with van der Waals surface area (Å²) in [4.78, 5) is 14.1. The van der Waals surface area contributed by atoms with Crippen LogP contribution >= 0.6 is 0 Å². The van der Waals surface area contributed by atoms with Crippen molar-refractivity contribution in [1.29, 1.82) is 0 Å². The molecular formula is C12H10FN3O3. The molecule has 2 aromatic rings. The van der Waals surface area contributed by atoms with Crippen LogP contribution in [0.1, 0.15) is 5.69 Å². The van der Waals surface area contributed by atoms with Gasteiger partial charge in [-0.05, 0) is 24.3 Å². The van der Waals surface area contributed by atoms with Gasteiger partial charge in [0.15, 0.2) is 0 Å². The minimum atomic E-state index is -0.667. The van der Waals surface area contributed by atoms with E-state index in [1.807, 2.05) is 0 Å². The number of nitrogens with one attached hydrogen (secondary N) is 1. The number of nitro benzene ring substituents is 1. The summed E-state index contributed by atoms with van der Waals surface area (Å²) in [7, 11) is 0. The van der Waals surface area contributed by atoms with Crippen LogP contribution in [-0.4, -0.2) is 15.0 Å². The highest BCUT2D eigenvalue weighted by Crippen LogP contribution is 2.25. The van der Waals surface area contributed by atoms with Gasteiger partial charge in [-0.15, -0.1) is 0 Å². The number of nitrogens with zero attached hydrogens (tertiary/aromatic N) is 2. The maximum Gasteiger partial charge on any atom is 0.295 e. The Labute approximate surface area is 107 Å². The van der Waals surface area contributed by atoms with Gasteiger partial charge in [0.05, 0.1) is 29.4 Å². The summed E-state index contributed by atoms with van der Waals surface area (Å²) >= 11 is 0. The first-order chi connectivity index (χ1) is 9.06. The van der Waals surface area contributed by atoms with Crippen LogP contribution in [0.2, 0.25) is 0 Å². The lowest BCUT2D eigenvalue weighted by Gasteiger charge is -2.06. The highest BCUT2D eigenvalue weighted by Gasteiger charge is 2.14. The number of aromatic nitrogens is 1. The Hall–Kier alpha value is -2.70. The number of nitro groups is 1. The number of anilines is 1. The molecule has 2 N–H and O–H groups in total. The minimum absolute atomic E-state index is 0.0384. The Morgan fingerprint density at radius 2 is 2.16 bits per heavy atom. The van der Waals surface area contributed by atoms with E-state index in [1.165, 1.54) is 18.3 Å². The van der Waals surface area contributed by atoms with E-state index in [-0.39, 0.29) is 23.7 Å². The number of hydrogen-bond donors (Lipinski definition) is 2. The molecule has 7 heteroatoms. The summed E-state index contributed by atoms with van der Waals surface area (Å²) in [5.74, 6) is -0.628. The standard InChI is InChI=1S/C12H10FN3O3/c13-8-1-4-11(12(5-8)16(18)19)15-6-9-2-3-10(17)7-14-9/h1-5,7,15,17H,6H2. The van der Waals surface area contributed by atoms with Crippen LogP contribution in [0, 0.1) is 15.9 Å². The van der Waals surface area contributed by atoms with E-state index in [0.717, 1.165) is 12.1 Å². The third-order valence-electron chi connectivity index (χ3n) is 2.43. The van der Waals surface area contributed by atoms with Gasteiger partial charge in [0.1, 0.15) is 17.3 Å². The quantitative estimate of drug-likeness (QED) is 0.653. The highest BCUT2D eigenvalue weighted by molar-refractivity contribution is 5.61. The van der Waals surface area contributed by atoms with Gasteiger partial charge in [-0.2, -0.15) is 0 Å². The van der Waals surface area contributed by atoms with Gasteiger partial charge in [0.2, 0.25) is 0 Å². The molecule has 6 nitrogen and oxygen atoms in total. The summed E-state index contributed by atoms with van der Waals surface area (Å²) in [6, 6.07) is 6.33. The monoisotopic (exact) mass is 263 g/mol. The number of aromatic hydroxyl groups is 1. The smallest absolute Gasteiger partial charge is 0.295 e. The molecule has 2 rings (SSSR count). The maximum absolute atomic E-state index is 12.9. The summed E-state index contributed by atoms with van der Waals surface area (Å²) in [5.41, 5.74) is 0.469. The van der Waals surface area contributed by atoms with Crippen molar-refractivity contribution < 1.29 is 14.4 Å². The highest BCUT2D eigenvalue weighted by atomic mass is 19.1. The minimum Gasteiger partial charge on any atom is -0.506 e. The first kappa shape index (κ1) is 12.7. The molecule has 0 aliphatic carbocycles. The van der Waals surface area contributed by atoms with Crippen molar-refractivity contribution >= 4 is 11.4 Å². The zero-order valence-corrected chi connectivity index (χ0v) is 9.71. The van der Waals surface area contributed by atoms with Crippen LogP contribution in [0.25, 0.3) is 0 Å². The van der Waals surface area contributed by atoms with Gasteiger partial charge < -0.3 is 10.4 Å². The Morgan fingerprint density at radius 3 is 2.79 bits per heavy atom. The second-order valence-electron chi connectivity index (χ2n) is 3.78. The number of benzene rings is 1. The molecule has 0 saturated carbocycles. The fourth-order valence-electron chi connectivity index (χ4n) is 1.51. The largest absolute Gasteiger partial charge is 0.506 e. The fraction of sp³-hybridized carbons (Fsp3) is 0.0833. The second kappa shape index (κ2) is 5.30. The summed E-state index contributed by atoms with van der Waals surface area (Å²) in [6.45, 7) is 0.229. The van der Waals surface area contributed by atoms with Crippen LogP contribution < -0.4 is 5.32 Å².